The Morgan fingerprint density at radius 3 is 2.36 bits per heavy atom. The molecule has 0 radical (unpaired) electrons. The largest absolute Gasteiger partial charge is 0.465 e. The van der Waals surface area contributed by atoms with Crippen molar-refractivity contribution in [3.8, 4) is 0 Å². The summed E-state index contributed by atoms with van der Waals surface area (Å²) in [5, 5.41) is 10.8. The van der Waals surface area contributed by atoms with Gasteiger partial charge >= 0.3 is 6.09 Å². The molecule has 0 aromatic heterocycles. The van der Waals surface area contributed by atoms with Crippen LogP contribution in [0, 0.1) is 12.8 Å². The highest BCUT2D eigenvalue weighted by Crippen LogP contribution is 2.18. The van der Waals surface area contributed by atoms with Crippen LogP contribution in [0.4, 0.5) is 4.79 Å². The third kappa shape index (κ3) is 5.65. The van der Waals surface area contributed by atoms with E-state index < -0.39 is 16.1 Å². The average molecular weight is 328 g/mol. The van der Waals surface area contributed by atoms with Gasteiger partial charge in [-0.3, -0.25) is 0 Å². The first kappa shape index (κ1) is 18.4. The Kier molecular flexibility index (Phi) is 6.83. The number of carbonyl (C=O) groups is 1. The fraction of sp³-hybridized carbons (Fsp3) is 0.533. The molecule has 0 unspecified atom stereocenters. The summed E-state index contributed by atoms with van der Waals surface area (Å²) in [7, 11) is -3.56. The molecule has 0 aliphatic carbocycles. The van der Waals surface area contributed by atoms with Gasteiger partial charge in [0.1, 0.15) is 0 Å². The van der Waals surface area contributed by atoms with Crippen molar-refractivity contribution in [2.24, 2.45) is 5.92 Å². The van der Waals surface area contributed by atoms with E-state index >= 15 is 0 Å². The second-order valence-corrected chi connectivity index (χ2v) is 7.59. The quantitative estimate of drug-likeness (QED) is 0.717. The number of benzene rings is 1. The van der Waals surface area contributed by atoms with Gasteiger partial charge in [0.25, 0.3) is 0 Å². The van der Waals surface area contributed by atoms with E-state index in [0.717, 1.165) is 5.56 Å². The van der Waals surface area contributed by atoms with Gasteiger partial charge in [-0.1, -0.05) is 31.5 Å². The van der Waals surface area contributed by atoms with Gasteiger partial charge in [0.15, 0.2) is 0 Å². The topological polar surface area (TPSA) is 86.7 Å². The van der Waals surface area contributed by atoms with E-state index in [1.54, 1.807) is 24.3 Å². The van der Waals surface area contributed by atoms with E-state index in [2.05, 4.69) is 5.32 Å². The number of amides is 1. The van der Waals surface area contributed by atoms with Gasteiger partial charge in [-0.2, -0.15) is 4.31 Å². The minimum atomic E-state index is -3.56. The van der Waals surface area contributed by atoms with Gasteiger partial charge in [-0.25, -0.2) is 13.2 Å². The van der Waals surface area contributed by atoms with Crippen LogP contribution in [0.25, 0.3) is 0 Å². The predicted molar refractivity (Wildman–Crippen MR) is 85.4 cm³/mol. The predicted octanol–water partition coefficient (Wildman–Crippen LogP) is 2.30. The highest BCUT2D eigenvalue weighted by Gasteiger charge is 2.24. The van der Waals surface area contributed by atoms with E-state index in [1.807, 2.05) is 20.8 Å². The zero-order valence-corrected chi connectivity index (χ0v) is 14.1. The number of sulfonamides is 1. The first-order valence-electron chi connectivity index (χ1n) is 7.27. The molecule has 0 bridgehead atoms. The van der Waals surface area contributed by atoms with Crippen molar-refractivity contribution >= 4 is 16.1 Å². The molecule has 0 aliphatic heterocycles. The van der Waals surface area contributed by atoms with Crippen molar-refractivity contribution in [2.75, 3.05) is 19.6 Å². The van der Waals surface area contributed by atoms with Crippen LogP contribution >= 0.6 is 0 Å². The summed E-state index contributed by atoms with van der Waals surface area (Å²) in [5.41, 5.74) is 1.00. The smallest absolute Gasteiger partial charge is 0.404 e. The molecule has 1 rings (SSSR count). The number of hydrogen-bond acceptors (Lipinski definition) is 3. The third-order valence-electron chi connectivity index (χ3n) is 3.09. The summed E-state index contributed by atoms with van der Waals surface area (Å²) in [6, 6.07) is 6.75. The molecule has 1 aromatic rings. The van der Waals surface area contributed by atoms with Gasteiger partial charge in [-0.05, 0) is 31.4 Å². The van der Waals surface area contributed by atoms with E-state index in [0.29, 0.717) is 13.0 Å². The second kappa shape index (κ2) is 8.14. The number of nitrogens with one attached hydrogen (secondary N) is 1. The summed E-state index contributed by atoms with van der Waals surface area (Å²) in [6.45, 7) is 6.73. The molecule has 0 saturated heterocycles. The standard InChI is InChI=1S/C15H24N2O4S/c1-12(2)11-17(10-4-9-16-15(18)19)22(20,21)14-7-5-13(3)6-8-14/h5-8,12,16H,4,9-11H2,1-3H3,(H,18,19). The zero-order valence-electron chi connectivity index (χ0n) is 13.2. The molecule has 0 saturated carbocycles. The van der Waals surface area contributed by atoms with Crippen molar-refractivity contribution in [2.45, 2.75) is 32.1 Å². The van der Waals surface area contributed by atoms with Crippen LogP contribution in [-0.2, 0) is 10.0 Å². The molecule has 0 spiro atoms. The lowest BCUT2D eigenvalue weighted by Gasteiger charge is -2.24. The molecule has 22 heavy (non-hydrogen) atoms. The maximum absolute atomic E-state index is 12.7. The SMILES string of the molecule is Cc1ccc(S(=O)(=O)N(CCCNC(=O)O)CC(C)C)cc1. The van der Waals surface area contributed by atoms with Crippen LogP contribution in [0.3, 0.4) is 0 Å². The Bertz CT molecular complexity index is 582. The highest BCUT2D eigenvalue weighted by molar-refractivity contribution is 7.89. The van der Waals surface area contributed by atoms with Gasteiger partial charge in [0.05, 0.1) is 4.90 Å². The minimum Gasteiger partial charge on any atom is -0.465 e. The van der Waals surface area contributed by atoms with Gasteiger partial charge in [0.2, 0.25) is 10.0 Å². The van der Waals surface area contributed by atoms with Crippen molar-refractivity contribution in [1.82, 2.24) is 9.62 Å². The molecule has 7 heteroatoms. The fourth-order valence-corrected chi connectivity index (χ4v) is 3.67. The highest BCUT2D eigenvalue weighted by atomic mass is 32.2. The van der Waals surface area contributed by atoms with Crippen LogP contribution in [0.5, 0.6) is 0 Å². The van der Waals surface area contributed by atoms with E-state index in [4.69, 9.17) is 5.11 Å². The monoisotopic (exact) mass is 328 g/mol. The fourth-order valence-electron chi connectivity index (χ4n) is 2.03. The summed E-state index contributed by atoms with van der Waals surface area (Å²) in [6.07, 6.45) is -0.666. The number of carboxylic acid groups (broad SMARTS) is 1. The van der Waals surface area contributed by atoms with Crippen LogP contribution in [0.2, 0.25) is 0 Å². The third-order valence-corrected chi connectivity index (χ3v) is 4.97. The van der Waals surface area contributed by atoms with E-state index in [-0.39, 0.29) is 23.9 Å². The lowest BCUT2D eigenvalue weighted by molar-refractivity contribution is 0.194. The van der Waals surface area contributed by atoms with E-state index in [1.165, 1.54) is 4.31 Å². The lowest BCUT2D eigenvalue weighted by atomic mass is 10.2. The number of rotatable bonds is 8. The lowest BCUT2D eigenvalue weighted by Crippen LogP contribution is -2.36. The molecule has 0 aliphatic rings. The Morgan fingerprint density at radius 2 is 1.86 bits per heavy atom. The van der Waals surface area contributed by atoms with Crippen molar-refractivity contribution in [1.29, 1.82) is 0 Å². The summed E-state index contributed by atoms with van der Waals surface area (Å²) in [4.78, 5) is 10.7. The summed E-state index contributed by atoms with van der Waals surface area (Å²) in [5.74, 6) is 0.188. The van der Waals surface area contributed by atoms with Crippen LogP contribution in [0.15, 0.2) is 29.2 Å². The number of nitrogens with zero attached hydrogens (tertiary/aromatic N) is 1. The van der Waals surface area contributed by atoms with Crippen molar-refractivity contribution in [3.05, 3.63) is 29.8 Å². The molecular weight excluding hydrogens is 304 g/mol. The number of hydrogen-bond donors (Lipinski definition) is 2. The minimum absolute atomic E-state index is 0.188. The maximum atomic E-state index is 12.7. The molecule has 124 valence electrons. The maximum Gasteiger partial charge on any atom is 0.404 e. The average Bonchev–Trinajstić information content (AvgIpc) is 2.42. The summed E-state index contributed by atoms with van der Waals surface area (Å²) < 4.78 is 26.8. The Hall–Kier alpha value is -1.60. The molecule has 2 N–H and O–H groups in total. The normalized spacial score (nSPS) is 11.9. The molecule has 1 amide bonds. The second-order valence-electron chi connectivity index (χ2n) is 5.66. The van der Waals surface area contributed by atoms with Crippen LogP contribution in [-0.4, -0.2) is 43.6 Å². The molecule has 0 fully saturated rings. The molecular formula is C15H24N2O4S. The van der Waals surface area contributed by atoms with Crippen LogP contribution < -0.4 is 5.32 Å². The van der Waals surface area contributed by atoms with E-state index in [9.17, 15) is 13.2 Å². The van der Waals surface area contributed by atoms with Crippen LogP contribution in [0.1, 0.15) is 25.8 Å². The zero-order chi connectivity index (χ0) is 16.8. The Labute approximate surface area is 132 Å². The van der Waals surface area contributed by atoms with Gasteiger partial charge in [0, 0.05) is 19.6 Å². The van der Waals surface area contributed by atoms with Gasteiger partial charge < -0.3 is 10.4 Å². The Morgan fingerprint density at radius 1 is 1.27 bits per heavy atom. The summed E-state index contributed by atoms with van der Waals surface area (Å²) >= 11 is 0. The molecule has 0 atom stereocenters. The molecule has 1 aromatic carbocycles. The first-order valence-corrected chi connectivity index (χ1v) is 8.71. The van der Waals surface area contributed by atoms with Crippen molar-refractivity contribution < 1.29 is 18.3 Å². The Balaban J connectivity index is 2.84. The van der Waals surface area contributed by atoms with Crippen molar-refractivity contribution in [3.63, 3.8) is 0 Å². The first-order chi connectivity index (χ1) is 10.2. The molecule has 0 heterocycles. The van der Waals surface area contributed by atoms with Gasteiger partial charge in [-0.15, -0.1) is 0 Å². The molecule has 6 nitrogen and oxygen atoms in total. The number of aryl methyl sites for hydroxylation is 1.